The van der Waals surface area contributed by atoms with Crippen LogP contribution in [-0.2, 0) is 6.54 Å². The zero-order valence-electron chi connectivity index (χ0n) is 14.3. The molecular formula is C19H32N2. The van der Waals surface area contributed by atoms with Crippen molar-refractivity contribution in [1.29, 1.82) is 0 Å². The summed E-state index contributed by atoms with van der Waals surface area (Å²) >= 11 is 0. The van der Waals surface area contributed by atoms with Gasteiger partial charge in [0.15, 0.2) is 0 Å². The lowest BCUT2D eigenvalue weighted by molar-refractivity contribution is 0.0960. The van der Waals surface area contributed by atoms with Crippen molar-refractivity contribution in [1.82, 2.24) is 4.90 Å². The maximum Gasteiger partial charge on any atom is 0.0332 e. The Morgan fingerprint density at radius 1 is 1.10 bits per heavy atom. The van der Waals surface area contributed by atoms with E-state index in [0.717, 1.165) is 13.1 Å². The molecule has 0 bridgehead atoms. The summed E-state index contributed by atoms with van der Waals surface area (Å²) in [6, 6.07) is 8.71. The number of hydrogen-bond donors (Lipinski definition) is 1. The average Bonchev–Trinajstić information content (AvgIpc) is 2.60. The number of rotatable bonds is 4. The molecule has 1 saturated carbocycles. The van der Waals surface area contributed by atoms with Crippen LogP contribution in [0.25, 0.3) is 0 Å². The normalized spacial score (nSPS) is 25.8. The van der Waals surface area contributed by atoms with E-state index in [-0.39, 0.29) is 5.54 Å². The summed E-state index contributed by atoms with van der Waals surface area (Å²) < 4.78 is 0. The van der Waals surface area contributed by atoms with Crippen LogP contribution in [0.15, 0.2) is 24.3 Å². The fraction of sp³-hybridized carbons (Fsp3) is 0.684. The van der Waals surface area contributed by atoms with Gasteiger partial charge in [-0.3, -0.25) is 4.90 Å². The minimum absolute atomic E-state index is 0.177. The molecule has 1 aliphatic rings. The molecule has 0 radical (unpaired) electrons. The molecule has 0 aliphatic heterocycles. The van der Waals surface area contributed by atoms with E-state index in [1.165, 1.54) is 43.2 Å². The van der Waals surface area contributed by atoms with Gasteiger partial charge >= 0.3 is 0 Å². The van der Waals surface area contributed by atoms with Crippen molar-refractivity contribution in [2.24, 2.45) is 11.1 Å². The first-order valence-corrected chi connectivity index (χ1v) is 8.34. The Bertz CT molecular complexity index is 466. The molecule has 2 heteroatoms. The van der Waals surface area contributed by atoms with Gasteiger partial charge in [-0.25, -0.2) is 0 Å². The third-order valence-electron chi connectivity index (χ3n) is 5.62. The van der Waals surface area contributed by atoms with Crippen LogP contribution >= 0.6 is 0 Å². The lowest BCUT2D eigenvalue weighted by atomic mass is 9.83. The van der Waals surface area contributed by atoms with E-state index in [1.807, 2.05) is 0 Å². The van der Waals surface area contributed by atoms with Crippen LogP contribution in [0.2, 0.25) is 0 Å². The Hall–Kier alpha value is -0.860. The van der Waals surface area contributed by atoms with Gasteiger partial charge in [-0.2, -0.15) is 0 Å². The predicted molar refractivity (Wildman–Crippen MR) is 91.3 cm³/mol. The summed E-state index contributed by atoms with van der Waals surface area (Å²) in [5.74, 6) is 0. The lowest BCUT2D eigenvalue weighted by Crippen LogP contribution is -2.51. The Morgan fingerprint density at radius 2 is 1.81 bits per heavy atom. The number of benzene rings is 1. The summed E-state index contributed by atoms with van der Waals surface area (Å²) in [7, 11) is 2.26. The summed E-state index contributed by atoms with van der Waals surface area (Å²) in [5.41, 5.74) is 9.70. The highest BCUT2D eigenvalue weighted by atomic mass is 15.2. The van der Waals surface area contributed by atoms with E-state index in [0.29, 0.717) is 5.41 Å². The van der Waals surface area contributed by atoms with Crippen molar-refractivity contribution in [3.8, 4) is 0 Å². The molecule has 118 valence electrons. The summed E-state index contributed by atoms with van der Waals surface area (Å²) in [5, 5.41) is 0. The molecule has 2 nitrogen and oxygen atoms in total. The van der Waals surface area contributed by atoms with E-state index in [2.05, 4.69) is 57.0 Å². The minimum atomic E-state index is 0.177. The van der Waals surface area contributed by atoms with E-state index < -0.39 is 0 Å². The molecule has 1 unspecified atom stereocenters. The highest BCUT2D eigenvalue weighted by molar-refractivity contribution is 5.25. The maximum atomic E-state index is 6.25. The monoisotopic (exact) mass is 288 g/mol. The molecule has 0 aromatic heterocycles. The molecule has 0 amide bonds. The number of likely N-dealkylation sites (N-methyl/N-ethyl adjacent to an activating group) is 1. The Morgan fingerprint density at radius 3 is 2.48 bits per heavy atom. The van der Waals surface area contributed by atoms with Crippen LogP contribution in [0.3, 0.4) is 0 Å². The highest BCUT2D eigenvalue weighted by Gasteiger charge is 2.37. The standard InChI is InChI=1S/C19H32N2/c1-16-8-5-6-9-17(16)14-21(4)19(15-20)11-7-10-18(2,3)12-13-19/h5-6,8-9H,7,10-15,20H2,1-4H3. The summed E-state index contributed by atoms with van der Waals surface area (Å²) in [6.07, 6.45) is 6.35. The Labute approximate surface area is 130 Å². The smallest absolute Gasteiger partial charge is 0.0332 e. The SMILES string of the molecule is Cc1ccccc1CN(C)C1(CN)CCCC(C)(C)CC1. The van der Waals surface area contributed by atoms with E-state index >= 15 is 0 Å². The van der Waals surface area contributed by atoms with Crippen molar-refractivity contribution < 1.29 is 0 Å². The minimum Gasteiger partial charge on any atom is -0.329 e. The number of nitrogens with two attached hydrogens (primary N) is 1. The van der Waals surface area contributed by atoms with E-state index in [4.69, 9.17) is 5.73 Å². The highest BCUT2D eigenvalue weighted by Crippen LogP contribution is 2.40. The number of nitrogens with zero attached hydrogens (tertiary/aromatic N) is 1. The lowest BCUT2D eigenvalue weighted by Gasteiger charge is -2.41. The molecule has 21 heavy (non-hydrogen) atoms. The van der Waals surface area contributed by atoms with Crippen LogP contribution in [-0.4, -0.2) is 24.0 Å². The van der Waals surface area contributed by atoms with Crippen molar-refractivity contribution in [3.63, 3.8) is 0 Å². The van der Waals surface area contributed by atoms with Crippen LogP contribution < -0.4 is 5.73 Å². The van der Waals surface area contributed by atoms with Gasteiger partial charge in [0.1, 0.15) is 0 Å². The fourth-order valence-corrected chi connectivity index (χ4v) is 3.67. The summed E-state index contributed by atoms with van der Waals surface area (Å²) in [4.78, 5) is 2.52. The zero-order chi connectivity index (χ0) is 15.5. The van der Waals surface area contributed by atoms with Crippen molar-refractivity contribution in [2.75, 3.05) is 13.6 Å². The van der Waals surface area contributed by atoms with Crippen LogP contribution in [0.1, 0.15) is 57.1 Å². The van der Waals surface area contributed by atoms with E-state index in [1.54, 1.807) is 0 Å². The Kier molecular flexibility index (Phi) is 5.11. The zero-order valence-corrected chi connectivity index (χ0v) is 14.3. The van der Waals surface area contributed by atoms with Crippen molar-refractivity contribution >= 4 is 0 Å². The molecule has 0 saturated heterocycles. The fourth-order valence-electron chi connectivity index (χ4n) is 3.67. The first kappa shape index (κ1) is 16.5. The van der Waals surface area contributed by atoms with Gasteiger partial charge in [0.2, 0.25) is 0 Å². The van der Waals surface area contributed by atoms with Gasteiger partial charge in [-0.15, -0.1) is 0 Å². The number of aryl methyl sites for hydroxylation is 1. The first-order valence-electron chi connectivity index (χ1n) is 8.34. The molecule has 1 atom stereocenters. The van der Waals surface area contributed by atoms with Gasteiger partial charge < -0.3 is 5.73 Å². The topological polar surface area (TPSA) is 29.3 Å². The average molecular weight is 288 g/mol. The van der Waals surface area contributed by atoms with Crippen molar-refractivity contribution in [3.05, 3.63) is 35.4 Å². The second kappa shape index (κ2) is 6.50. The quantitative estimate of drug-likeness (QED) is 0.845. The number of hydrogen-bond acceptors (Lipinski definition) is 2. The van der Waals surface area contributed by atoms with Crippen LogP contribution in [0.4, 0.5) is 0 Å². The van der Waals surface area contributed by atoms with Crippen molar-refractivity contribution in [2.45, 2.75) is 65.0 Å². The summed E-state index contributed by atoms with van der Waals surface area (Å²) in [6.45, 7) is 8.78. The molecule has 0 spiro atoms. The molecule has 0 heterocycles. The van der Waals surface area contributed by atoms with Gasteiger partial charge in [-0.05, 0) is 56.2 Å². The molecular weight excluding hydrogens is 256 g/mol. The molecule has 1 aromatic rings. The van der Waals surface area contributed by atoms with Gasteiger partial charge in [0.05, 0.1) is 0 Å². The third-order valence-corrected chi connectivity index (χ3v) is 5.62. The van der Waals surface area contributed by atoms with E-state index in [9.17, 15) is 0 Å². The molecule has 1 aliphatic carbocycles. The predicted octanol–water partition coefficient (Wildman–Crippen LogP) is 4.11. The molecule has 1 fully saturated rings. The molecule has 2 rings (SSSR count). The Balaban J connectivity index is 2.14. The van der Waals surface area contributed by atoms with Crippen LogP contribution in [0, 0.1) is 12.3 Å². The van der Waals surface area contributed by atoms with Gasteiger partial charge in [-0.1, -0.05) is 44.5 Å². The largest absolute Gasteiger partial charge is 0.329 e. The molecule has 1 aromatic carbocycles. The third kappa shape index (κ3) is 3.87. The van der Waals surface area contributed by atoms with Crippen LogP contribution in [0.5, 0.6) is 0 Å². The van der Waals surface area contributed by atoms with Gasteiger partial charge in [0, 0.05) is 18.6 Å². The molecule has 2 N–H and O–H groups in total. The first-order chi connectivity index (χ1) is 9.88. The van der Waals surface area contributed by atoms with Gasteiger partial charge in [0.25, 0.3) is 0 Å². The second-order valence-corrected chi connectivity index (χ2v) is 7.73. The maximum absolute atomic E-state index is 6.25. The second-order valence-electron chi connectivity index (χ2n) is 7.73.